The van der Waals surface area contributed by atoms with Crippen LogP contribution in [0.1, 0.15) is 0 Å². The first-order valence-electron chi connectivity index (χ1n) is 7.06. The fourth-order valence-electron chi connectivity index (χ4n) is 2.18. The van der Waals surface area contributed by atoms with Crippen LogP contribution in [0.25, 0.3) is 11.1 Å². The highest BCUT2D eigenvalue weighted by Gasteiger charge is 2.06. The number of benzene rings is 2. The summed E-state index contributed by atoms with van der Waals surface area (Å²) >= 11 is 8.75. The lowest BCUT2D eigenvalue weighted by Crippen LogP contribution is -2.20. The van der Waals surface area contributed by atoms with Crippen molar-refractivity contribution in [2.75, 3.05) is 10.6 Å². The van der Waals surface area contributed by atoms with Gasteiger partial charge in [-0.1, -0.05) is 48.5 Å². The summed E-state index contributed by atoms with van der Waals surface area (Å²) in [5.41, 5.74) is 3.19. The first-order chi connectivity index (χ1) is 11.2. The van der Waals surface area contributed by atoms with Crippen molar-refractivity contribution in [1.82, 2.24) is 4.98 Å². The molecule has 3 aromatic rings. The SMILES string of the molecule is S=C(Nc1ccc(Br)cn1)Nc1ccccc1-c1ccccc1. The lowest BCUT2D eigenvalue weighted by atomic mass is 10.0. The van der Waals surface area contributed by atoms with E-state index in [0.717, 1.165) is 21.3 Å². The smallest absolute Gasteiger partial charge is 0.176 e. The topological polar surface area (TPSA) is 37.0 Å². The molecule has 0 spiro atoms. The van der Waals surface area contributed by atoms with Gasteiger partial charge in [-0.15, -0.1) is 0 Å². The number of nitrogens with zero attached hydrogens (tertiary/aromatic N) is 1. The molecular weight excluding hydrogens is 370 g/mol. The Balaban J connectivity index is 1.78. The molecule has 0 saturated heterocycles. The second-order valence-electron chi connectivity index (χ2n) is 4.85. The zero-order chi connectivity index (χ0) is 16.1. The summed E-state index contributed by atoms with van der Waals surface area (Å²) in [5, 5.41) is 6.83. The van der Waals surface area contributed by atoms with Crippen LogP contribution in [0.15, 0.2) is 77.4 Å². The molecule has 0 aliphatic heterocycles. The normalized spacial score (nSPS) is 10.1. The Morgan fingerprint density at radius 1 is 0.870 bits per heavy atom. The first-order valence-corrected chi connectivity index (χ1v) is 8.26. The van der Waals surface area contributed by atoms with Crippen molar-refractivity contribution >= 4 is 44.8 Å². The van der Waals surface area contributed by atoms with Gasteiger partial charge in [0, 0.05) is 21.9 Å². The van der Waals surface area contributed by atoms with Gasteiger partial charge in [-0.05, 0) is 51.9 Å². The first kappa shape index (κ1) is 15.6. The van der Waals surface area contributed by atoms with E-state index in [9.17, 15) is 0 Å². The summed E-state index contributed by atoms with van der Waals surface area (Å²) in [5.74, 6) is 0.697. The molecule has 0 atom stereocenters. The number of halogens is 1. The average Bonchev–Trinajstić information content (AvgIpc) is 2.58. The summed E-state index contributed by atoms with van der Waals surface area (Å²) in [6.45, 7) is 0. The number of rotatable bonds is 3. The Labute approximate surface area is 148 Å². The predicted octanol–water partition coefficient (Wildman–Crippen LogP) is 5.32. The average molecular weight is 384 g/mol. The van der Waals surface area contributed by atoms with E-state index >= 15 is 0 Å². The Bertz CT molecular complexity index is 804. The second kappa shape index (κ2) is 7.35. The molecule has 0 unspecified atom stereocenters. The molecule has 0 saturated carbocycles. The highest BCUT2D eigenvalue weighted by atomic mass is 79.9. The van der Waals surface area contributed by atoms with Crippen LogP contribution in [0, 0.1) is 0 Å². The molecule has 2 aromatic carbocycles. The zero-order valence-electron chi connectivity index (χ0n) is 12.2. The van der Waals surface area contributed by atoms with Crippen LogP contribution in [0.3, 0.4) is 0 Å². The van der Waals surface area contributed by atoms with Crippen LogP contribution in [-0.4, -0.2) is 10.1 Å². The summed E-state index contributed by atoms with van der Waals surface area (Å²) in [7, 11) is 0. The van der Waals surface area contributed by atoms with Gasteiger partial charge < -0.3 is 10.6 Å². The van der Waals surface area contributed by atoms with Gasteiger partial charge in [-0.3, -0.25) is 0 Å². The molecule has 0 amide bonds. The maximum atomic E-state index is 5.39. The third-order valence-corrected chi connectivity index (χ3v) is 3.90. The van der Waals surface area contributed by atoms with E-state index in [1.54, 1.807) is 6.20 Å². The molecule has 3 rings (SSSR count). The largest absolute Gasteiger partial charge is 0.332 e. The van der Waals surface area contributed by atoms with Crippen LogP contribution in [0.4, 0.5) is 11.5 Å². The van der Waals surface area contributed by atoms with E-state index in [0.29, 0.717) is 10.9 Å². The molecule has 2 N–H and O–H groups in total. The zero-order valence-corrected chi connectivity index (χ0v) is 14.6. The second-order valence-corrected chi connectivity index (χ2v) is 6.18. The van der Waals surface area contributed by atoms with Crippen LogP contribution in [-0.2, 0) is 0 Å². The summed E-state index contributed by atoms with van der Waals surface area (Å²) in [4.78, 5) is 4.25. The maximum Gasteiger partial charge on any atom is 0.176 e. The fraction of sp³-hybridized carbons (Fsp3) is 0. The Kier molecular flexibility index (Phi) is 5.00. The van der Waals surface area contributed by atoms with Crippen LogP contribution in [0.2, 0.25) is 0 Å². The Morgan fingerprint density at radius 3 is 2.35 bits per heavy atom. The predicted molar refractivity (Wildman–Crippen MR) is 104 cm³/mol. The fourth-order valence-corrected chi connectivity index (χ4v) is 2.63. The molecule has 1 aromatic heterocycles. The quantitative estimate of drug-likeness (QED) is 0.600. The molecule has 1 heterocycles. The third kappa shape index (κ3) is 4.15. The van der Waals surface area contributed by atoms with Crippen molar-refractivity contribution in [1.29, 1.82) is 0 Å². The van der Waals surface area contributed by atoms with Crippen LogP contribution >= 0.6 is 28.1 Å². The Hall–Kier alpha value is -2.24. The molecule has 0 radical (unpaired) electrons. The third-order valence-electron chi connectivity index (χ3n) is 3.23. The van der Waals surface area contributed by atoms with Gasteiger partial charge in [0.15, 0.2) is 5.11 Å². The summed E-state index contributed by atoms with van der Waals surface area (Å²) in [6.07, 6.45) is 1.73. The van der Waals surface area contributed by atoms with Gasteiger partial charge in [0.2, 0.25) is 0 Å². The van der Waals surface area contributed by atoms with Crippen molar-refractivity contribution in [2.45, 2.75) is 0 Å². The van der Waals surface area contributed by atoms with Gasteiger partial charge in [-0.2, -0.15) is 0 Å². The molecule has 0 bridgehead atoms. The van der Waals surface area contributed by atoms with E-state index in [4.69, 9.17) is 12.2 Å². The van der Waals surface area contributed by atoms with Gasteiger partial charge in [0.25, 0.3) is 0 Å². The number of hydrogen-bond donors (Lipinski definition) is 2. The van der Waals surface area contributed by atoms with Crippen molar-refractivity contribution in [3.05, 3.63) is 77.4 Å². The molecule has 3 nitrogen and oxygen atoms in total. The minimum Gasteiger partial charge on any atom is -0.332 e. The molecule has 5 heteroatoms. The van der Waals surface area contributed by atoms with Crippen LogP contribution < -0.4 is 10.6 Å². The van der Waals surface area contributed by atoms with E-state index in [-0.39, 0.29) is 0 Å². The van der Waals surface area contributed by atoms with Crippen molar-refractivity contribution in [2.24, 2.45) is 0 Å². The highest BCUT2D eigenvalue weighted by molar-refractivity contribution is 9.10. The van der Waals surface area contributed by atoms with Gasteiger partial charge in [-0.25, -0.2) is 4.98 Å². The van der Waals surface area contributed by atoms with E-state index in [1.807, 2.05) is 48.5 Å². The van der Waals surface area contributed by atoms with Crippen LogP contribution in [0.5, 0.6) is 0 Å². The number of pyridine rings is 1. The Morgan fingerprint density at radius 2 is 1.61 bits per heavy atom. The van der Waals surface area contributed by atoms with Crippen molar-refractivity contribution in [3.63, 3.8) is 0 Å². The minimum absolute atomic E-state index is 0.503. The maximum absolute atomic E-state index is 5.39. The number of thiocarbonyl (C=S) groups is 1. The monoisotopic (exact) mass is 383 g/mol. The molecule has 23 heavy (non-hydrogen) atoms. The van der Waals surface area contributed by atoms with E-state index < -0.39 is 0 Å². The highest BCUT2D eigenvalue weighted by Crippen LogP contribution is 2.27. The van der Waals surface area contributed by atoms with E-state index in [1.165, 1.54) is 0 Å². The summed E-state index contributed by atoms with van der Waals surface area (Å²) in [6, 6.07) is 22.0. The standard InChI is InChI=1S/C18H14BrN3S/c19-14-10-11-17(20-12-14)22-18(23)21-16-9-5-4-8-15(16)13-6-2-1-3-7-13/h1-12H,(H2,20,21,22,23). The number of hydrogen-bond acceptors (Lipinski definition) is 2. The molecule has 0 aliphatic carbocycles. The van der Waals surface area contributed by atoms with Crippen molar-refractivity contribution in [3.8, 4) is 11.1 Å². The minimum atomic E-state index is 0.503. The van der Waals surface area contributed by atoms with Gasteiger partial charge in [0.1, 0.15) is 5.82 Å². The number of anilines is 2. The van der Waals surface area contributed by atoms with Gasteiger partial charge in [0.05, 0.1) is 0 Å². The molecule has 114 valence electrons. The lowest BCUT2D eigenvalue weighted by Gasteiger charge is -2.14. The van der Waals surface area contributed by atoms with Crippen molar-refractivity contribution < 1.29 is 0 Å². The molecular formula is C18H14BrN3S. The number of aromatic nitrogens is 1. The molecule has 0 fully saturated rings. The molecule has 0 aliphatic rings. The van der Waals surface area contributed by atoms with E-state index in [2.05, 4.69) is 49.7 Å². The summed E-state index contributed by atoms with van der Waals surface area (Å²) < 4.78 is 0.927. The van der Waals surface area contributed by atoms with Gasteiger partial charge >= 0.3 is 0 Å². The lowest BCUT2D eigenvalue weighted by molar-refractivity contribution is 1.31. The number of para-hydroxylation sites is 1. The number of nitrogens with one attached hydrogen (secondary N) is 2.